The fourth-order valence-electron chi connectivity index (χ4n) is 1.71. The van der Waals surface area contributed by atoms with Crippen LogP contribution in [-0.2, 0) is 16.1 Å². The molecule has 2 aromatic carbocycles. The van der Waals surface area contributed by atoms with Gasteiger partial charge in [0.05, 0.1) is 5.56 Å². The van der Waals surface area contributed by atoms with Gasteiger partial charge in [0.1, 0.15) is 6.61 Å². The molecule has 0 atom stereocenters. The Hall–Kier alpha value is -1.89. The molecule has 2 rings (SSSR count). The molecule has 1 N–H and O–H groups in total. The molecule has 0 heterocycles. The van der Waals surface area contributed by atoms with E-state index in [1.807, 2.05) is 24.3 Å². The fraction of sp³-hybridized carbons (Fsp3) is 0.125. The summed E-state index contributed by atoms with van der Waals surface area (Å²) in [5.74, 6) is -0.535. The lowest BCUT2D eigenvalue weighted by atomic mass is 10.2. The molecule has 0 aliphatic carbocycles. The van der Waals surface area contributed by atoms with E-state index in [4.69, 9.17) is 4.74 Å². The van der Waals surface area contributed by atoms with Gasteiger partial charge < -0.3 is 10.1 Å². The molecule has 0 saturated heterocycles. The fourth-order valence-corrected chi connectivity index (χ4v) is 2.07. The molecule has 0 fully saturated rings. The zero-order chi connectivity index (χ0) is 15.2. The summed E-state index contributed by atoms with van der Waals surface area (Å²) in [6.07, 6.45) is 0. The van der Waals surface area contributed by atoms with Crippen LogP contribution in [0.3, 0.4) is 0 Å². The zero-order valence-electron chi connectivity index (χ0n) is 11.4. The van der Waals surface area contributed by atoms with E-state index < -0.39 is 0 Å². The molecule has 4 nitrogen and oxygen atoms in total. The first kappa shape index (κ1) is 15.5. The molecule has 108 valence electrons. The van der Waals surface area contributed by atoms with Crippen LogP contribution in [0.2, 0.25) is 0 Å². The highest BCUT2D eigenvalue weighted by molar-refractivity contribution is 14.1. The number of anilines is 1. The molecule has 0 aromatic heterocycles. The van der Waals surface area contributed by atoms with Gasteiger partial charge in [-0.2, -0.15) is 0 Å². The van der Waals surface area contributed by atoms with Gasteiger partial charge in [-0.3, -0.25) is 4.79 Å². The number of carbonyl (C=O) groups is 2. The average Bonchev–Trinajstić information content (AvgIpc) is 2.46. The molecule has 5 heteroatoms. The summed E-state index contributed by atoms with van der Waals surface area (Å²) in [5, 5.41) is 2.64. The molecule has 1 amide bonds. The van der Waals surface area contributed by atoms with Gasteiger partial charge in [0.2, 0.25) is 5.91 Å². The van der Waals surface area contributed by atoms with E-state index in [-0.39, 0.29) is 18.5 Å². The molecule has 0 unspecified atom stereocenters. The zero-order valence-corrected chi connectivity index (χ0v) is 13.6. The lowest BCUT2D eigenvalue weighted by molar-refractivity contribution is -0.114. The molecule has 0 spiro atoms. The maximum Gasteiger partial charge on any atom is 0.338 e. The van der Waals surface area contributed by atoms with Crippen molar-refractivity contribution in [1.29, 1.82) is 0 Å². The molecule has 0 saturated carbocycles. The monoisotopic (exact) mass is 395 g/mol. The number of ether oxygens (including phenoxy) is 1. The van der Waals surface area contributed by atoms with E-state index in [0.29, 0.717) is 11.3 Å². The van der Waals surface area contributed by atoms with Crippen LogP contribution in [0.5, 0.6) is 0 Å². The Kier molecular flexibility index (Phi) is 5.32. The number of rotatable bonds is 4. The average molecular weight is 395 g/mol. The van der Waals surface area contributed by atoms with Crippen LogP contribution in [-0.4, -0.2) is 11.9 Å². The van der Waals surface area contributed by atoms with Crippen LogP contribution in [0.1, 0.15) is 22.8 Å². The standard InChI is InChI=1S/C16H14INO3/c1-11(19)18-15-8-4-13(5-9-15)16(20)21-10-12-2-6-14(17)7-3-12/h2-9H,10H2,1H3,(H,18,19). The summed E-state index contributed by atoms with van der Waals surface area (Å²) in [5.41, 5.74) is 2.05. The predicted octanol–water partition coefficient (Wildman–Crippen LogP) is 3.61. The number of halogens is 1. The number of hydrogen-bond donors (Lipinski definition) is 1. The third-order valence-corrected chi connectivity index (χ3v) is 3.44. The molecule has 0 bridgehead atoms. The van der Waals surface area contributed by atoms with Crippen LogP contribution in [0.15, 0.2) is 48.5 Å². The Labute approximate surface area is 136 Å². The maximum atomic E-state index is 11.9. The second-order valence-electron chi connectivity index (χ2n) is 4.46. The first-order valence-corrected chi connectivity index (χ1v) is 7.42. The van der Waals surface area contributed by atoms with Crippen LogP contribution < -0.4 is 5.32 Å². The van der Waals surface area contributed by atoms with Gasteiger partial charge in [-0.05, 0) is 64.6 Å². The number of nitrogens with one attached hydrogen (secondary N) is 1. The first-order valence-electron chi connectivity index (χ1n) is 6.34. The van der Waals surface area contributed by atoms with Crippen LogP contribution in [0.4, 0.5) is 5.69 Å². The Morgan fingerprint density at radius 1 is 1.05 bits per heavy atom. The van der Waals surface area contributed by atoms with Crippen molar-refractivity contribution in [2.45, 2.75) is 13.5 Å². The van der Waals surface area contributed by atoms with Gasteiger partial charge in [0.25, 0.3) is 0 Å². The third kappa shape index (κ3) is 4.86. The van der Waals surface area contributed by atoms with E-state index in [0.717, 1.165) is 9.13 Å². The van der Waals surface area contributed by atoms with Gasteiger partial charge in [-0.25, -0.2) is 4.79 Å². The number of benzene rings is 2. The van der Waals surface area contributed by atoms with Gasteiger partial charge in [-0.1, -0.05) is 12.1 Å². The molecular weight excluding hydrogens is 381 g/mol. The summed E-state index contributed by atoms with van der Waals surface area (Å²) < 4.78 is 6.38. The Morgan fingerprint density at radius 3 is 2.24 bits per heavy atom. The number of esters is 1. The van der Waals surface area contributed by atoms with E-state index in [9.17, 15) is 9.59 Å². The quantitative estimate of drug-likeness (QED) is 0.636. The van der Waals surface area contributed by atoms with E-state index >= 15 is 0 Å². The summed E-state index contributed by atoms with van der Waals surface area (Å²) in [7, 11) is 0. The SMILES string of the molecule is CC(=O)Nc1ccc(C(=O)OCc2ccc(I)cc2)cc1. The Morgan fingerprint density at radius 2 is 1.67 bits per heavy atom. The van der Waals surface area contributed by atoms with Gasteiger partial charge in [-0.15, -0.1) is 0 Å². The first-order chi connectivity index (χ1) is 10.0. The molecular formula is C16H14INO3. The molecule has 0 aliphatic heterocycles. The third-order valence-electron chi connectivity index (χ3n) is 2.72. The van der Waals surface area contributed by atoms with E-state index in [1.165, 1.54) is 6.92 Å². The second-order valence-corrected chi connectivity index (χ2v) is 5.71. The summed E-state index contributed by atoms with van der Waals surface area (Å²) >= 11 is 2.22. The predicted molar refractivity (Wildman–Crippen MR) is 89.0 cm³/mol. The number of carbonyl (C=O) groups excluding carboxylic acids is 2. The largest absolute Gasteiger partial charge is 0.457 e. The highest BCUT2D eigenvalue weighted by Crippen LogP contribution is 2.12. The van der Waals surface area contributed by atoms with Crippen molar-refractivity contribution in [3.05, 3.63) is 63.2 Å². The minimum Gasteiger partial charge on any atom is -0.457 e. The smallest absolute Gasteiger partial charge is 0.338 e. The molecule has 0 radical (unpaired) electrons. The molecule has 2 aromatic rings. The highest BCUT2D eigenvalue weighted by atomic mass is 127. The lowest BCUT2D eigenvalue weighted by Crippen LogP contribution is -2.07. The van der Waals surface area contributed by atoms with Crippen molar-refractivity contribution in [2.75, 3.05) is 5.32 Å². The minimum atomic E-state index is -0.386. The van der Waals surface area contributed by atoms with Crippen LogP contribution in [0, 0.1) is 3.57 Å². The van der Waals surface area contributed by atoms with Gasteiger partial charge in [0.15, 0.2) is 0 Å². The topological polar surface area (TPSA) is 55.4 Å². The highest BCUT2D eigenvalue weighted by Gasteiger charge is 2.07. The molecule has 21 heavy (non-hydrogen) atoms. The normalized spacial score (nSPS) is 10.0. The minimum absolute atomic E-state index is 0.149. The number of hydrogen-bond acceptors (Lipinski definition) is 3. The van der Waals surface area contributed by atoms with Crippen LogP contribution >= 0.6 is 22.6 Å². The van der Waals surface area contributed by atoms with Gasteiger partial charge >= 0.3 is 5.97 Å². The van der Waals surface area contributed by atoms with Crippen molar-refractivity contribution < 1.29 is 14.3 Å². The van der Waals surface area contributed by atoms with Crippen molar-refractivity contribution in [1.82, 2.24) is 0 Å². The summed E-state index contributed by atoms with van der Waals surface area (Å²) in [6, 6.07) is 14.4. The van der Waals surface area contributed by atoms with Crippen LogP contribution in [0.25, 0.3) is 0 Å². The summed E-state index contributed by atoms with van der Waals surface area (Å²) in [6.45, 7) is 1.67. The van der Waals surface area contributed by atoms with E-state index in [1.54, 1.807) is 24.3 Å². The number of amides is 1. The maximum absolute atomic E-state index is 11.9. The lowest BCUT2D eigenvalue weighted by Gasteiger charge is -2.06. The molecule has 0 aliphatic rings. The van der Waals surface area contributed by atoms with Gasteiger partial charge in [0, 0.05) is 16.2 Å². The Balaban J connectivity index is 1.93. The summed E-state index contributed by atoms with van der Waals surface area (Å²) in [4.78, 5) is 22.8. The van der Waals surface area contributed by atoms with Crippen molar-refractivity contribution in [2.24, 2.45) is 0 Å². The van der Waals surface area contributed by atoms with Crippen molar-refractivity contribution >= 4 is 40.2 Å². The van der Waals surface area contributed by atoms with Crippen molar-refractivity contribution in [3.8, 4) is 0 Å². The second kappa shape index (κ2) is 7.21. The Bertz CT molecular complexity index is 636. The van der Waals surface area contributed by atoms with Crippen molar-refractivity contribution in [3.63, 3.8) is 0 Å². The van der Waals surface area contributed by atoms with E-state index in [2.05, 4.69) is 27.9 Å².